The first-order valence-electron chi connectivity index (χ1n) is 12.8. The number of aliphatic hydroxyl groups excluding tert-OH is 6. The molecule has 2 heterocycles. The van der Waals surface area contributed by atoms with E-state index in [2.05, 4.69) is 0 Å². The number of ether oxygens (including phenoxy) is 5. The highest BCUT2D eigenvalue weighted by Crippen LogP contribution is 2.31. The Morgan fingerprint density at radius 2 is 1.32 bits per heavy atom. The summed E-state index contributed by atoms with van der Waals surface area (Å²) in [5, 5.41) is 62.2. The fraction of sp³-hybridized carbons (Fsp3) is 1.00. The van der Waals surface area contributed by atoms with Gasteiger partial charge < -0.3 is 77.3 Å². The molecule has 0 aromatic heterocycles. The van der Waals surface area contributed by atoms with Crippen LogP contribution >= 0.6 is 0 Å². The first-order valence-corrected chi connectivity index (χ1v) is 12.8. The maximum absolute atomic E-state index is 11.1. The number of hydrogen-bond acceptors (Lipinski definition) is 15. The standard InChI is InChI=1S/C22H44N4O11/c1-2-3-4-33-20-11(7-27)35-21(14(29)12(20)26)36-18-8(24)5-9(25)19(17(18)32)37-22-16(31)15(30)13(28)10(6-23)34-22/h8-22,27-32H,2-7,23-26H2,1H3/t8-,9+,10-,11-,12-,13-,14-,15+,16-,17-,18+,19-,20-,21-,22-/m1/s1. The van der Waals surface area contributed by atoms with Crippen LogP contribution in [0.2, 0.25) is 0 Å². The average Bonchev–Trinajstić information content (AvgIpc) is 2.87. The summed E-state index contributed by atoms with van der Waals surface area (Å²) < 4.78 is 28.6. The molecule has 15 heteroatoms. The van der Waals surface area contributed by atoms with Gasteiger partial charge in [-0.3, -0.25) is 0 Å². The number of rotatable bonds is 10. The Bertz CT molecular complexity index is 695. The van der Waals surface area contributed by atoms with E-state index in [-0.39, 0.29) is 13.0 Å². The molecule has 0 amide bonds. The maximum Gasteiger partial charge on any atom is 0.187 e. The minimum Gasteiger partial charge on any atom is -0.394 e. The number of nitrogens with two attached hydrogens (primary N) is 4. The second-order valence-corrected chi connectivity index (χ2v) is 9.99. The van der Waals surface area contributed by atoms with E-state index in [1.165, 1.54) is 0 Å². The van der Waals surface area contributed by atoms with Gasteiger partial charge in [-0.05, 0) is 12.8 Å². The smallest absolute Gasteiger partial charge is 0.187 e. The van der Waals surface area contributed by atoms with Crippen molar-refractivity contribution in [1.82, 2.24) is 0 Å². The van der Waals surface area contributed by atoms with Crippen molar-refractivity contribution in [3.8, 4) is 0 Å². The van der Waals surface area contributed by atoms with Gasteiger partial charge in [0.2, 0.25) is 0 Å². The van der Waals surface area contributed by atoms with E-state index in [9.17, 15) is 30.6 Å². The largest absolute Gasteiger partial charge is 0.394 e. The van der Waals surface area contributed by atoms with Crippen LogP contribution in [-0.4, -0.2) is 142 Å². The first kappa shape index (κ1) is 30.9. The summed E-state index contributed by atoms with van der Waals surface area (Å²) in [6, 6.07) is -2.57. The minimum atomic E-state index is -1.65. The Hall–Kier alpha value is -0.600. The molecule has 3 aliphatic rings. The fourth-order valence-corrected chi connectivity index (χ4v) is 4.97. The molecule has 37 heavy (non-hydrogen) atoms. The van der Waals surface area contributed by atoms with Gasteiger partial charge >= 0.3 is 0 Å². The van der Waals surface area contributed by atoms with Crippen LogP contribution in [0, 0.1) is 0 Å². The molecule has 0 aromatic rings. The van der Waals surface area contributed by atoms with Crippen molar-refractivity contribution in [2.75, 3.05) is 19.8 Å². The van der Waals surface area contributed by atoms with Crippen molar-refractivity contribution in [2.24, 2.45) is 22.9 Å². The van der Waals surface area contributed by atoms with Gasteiger partial charge in [0, 0.05) is 25.2 Å². The third kappa shape index (κ3) is 6.77. The molecule has 3 rings (SSSR count). The molecule has 2 saturated heterocycles. The summed E-state index contributed by atoms with van der Waals surface area (Å²) >= 11 is 0. The van der Waals surface area contributed by atoms with Crippen molar-refractivity contribution < 1.29 is 54.3 Å². The third-order valence-electron chi connectivity index (χ3n) is 7.26. The molecule has 0 aromatic carbocycles. The summed E-state index contributed by atoms with van der Waals surface area (Å²) in [6.07, 6.45) is -13.6. The Morgan fingerprint density at radius 3 is 1.86 bits per heavy atom. The van der Waals surface area contributed by atoms with Crippen LogP contribution in [0.15, 0.2) is 0 Å². The molecule has 0 unspecified atom stereocenters. The van der Waals surface area contributed by atoms with Gasteiger partial charge in [0.25, 0.3) is 0 Å². The average molecular weight is 541 g/mol. The molecular formula is C22H44N4O11. The fourth-order valence-electron chi connectivity index (χ4n) is 4.97. The van der Waals surface area contributed by atoms with Crippen LogP contribution in [0.3, 0.4) is 0 Å². The highest BCUT2D eigenvalue weighted by molar-refractivity contribution is 5.01. The molecule has 15 atom stereocenters. The third-order valence-corrected chi connectivity index (χ3v) is 7.26. The molecule has 14 N–H and O–H groups in total. The predicted molar refractivity (Wildman–Crippen MR) is 126 cm³/mol. The first-order chi connectivity index (χ1) is 17.5. The normalized spacial score (nSPS) is 49.2. The van der Waals surface area contributed by atoms with E-state index >= 15 is 0 Å². The highest BCUT2D eigenvalue weighted by Gasteiger charge is 2.51. The molecule has 0 radical (unpaired) electrons. The van der Waals surface area contributed by atoms with Gasteiger partial charge in [-0.2, -0.15) is 0 Å². The quantitative estimate of drug-likeness (QED) is 0.116. The molecule has 1 aliphatic carbocycles. The molecule has 218 valence electrons. The van der Waals surface area contributed by atoms with E-state index in [4.69, 9.17) is 46.6 Å². The van der Waals surface area contributed by atoms with Gasteiger partial charge in [0.15, 0.2) is 12.6 Å². The molecule has 3 fully saturated rings. The van der Waals surface area contributed by atoms with Crippen molar-refractivity contribution >= 4 is 0 Å². The molecule has 2 aliphatic heterocycles. The van der Waals surface area contributed by atoms with Crippen LogP contribution in [0.25, 0.3) is 0 Å². The summed E-state index contributed by atoms with van der Waals surface area (Å²) in [5.74, 6) is 0. The zero-order valence-corrected chi connectivity index (χ0v) is 20.9. The number of hydrogen-bond donors (Lipinski definition) is 10. The molecule has 1 saturated carbocycles. The minimum absolute atomic E-state index is 0.113. The van der Waals surface area contributed by atoms with E-state index in [1.54, 1.807) is 0 Å². The predicted octanol–water partition coefficient (Wildman–Crippen LogP) is -5.47. The van der Waals surface area contributed by atoms with E-state index in [0.717, 1.165) is 12.8 Å². The SMILES string of the molecule is CCCCO[C@H]1[C@H](N)[C@@H](O)[C@@H](O[C@@H]2[C@@H](O)[C@H](O[C@H]3O[C@H](CN)[C@@H](O)[C@H](O)[C@H]3O)[C@@H](N)C[C@H]2N)O[C@@H]1CO. The maximum atomic E-state index is 11.1. The van der Waals surface area contributed by atoms with Crippen molar-refractivity contribution in [3.05, 3.63) is 0 Å². The highest BCUT2D eigenvalue weighted by atomic mass is 16.7. The zero-order valence-electron chi connectivity index (χ0n) is 20.9. The van der Waals surface area contributed by atoms with Crippen LogP contribution in [-0.2, 0) is 23.7 Å². The van der Waals surface area contributed by atoms with Gasteiger partial charge in [0.1, 0.15) is 61.0 Å². The van der Waals surface area contributed by atoms with Crippen molar-refractivity contribution in [1.29, 1.82) is 0 Å². The van der Waals surface area contributed by atoms with E-state index in [0.29, 0.717) is 6.61 Å². The molecule has 0 bridgehead atoms. The summed E-state index contributed by atoms with van der Waals surface area (Å²) in [5.41, 5.74) is 24.1. The lowest BCUT2D eigenvalue weighted by Crippen LogP contribution is -2.68. The number of unbranched alkanes of at least 4 members (excludes halogenated alkanes) is 1. The second kappa shape index (κ2) is 13.6. The monoisotopic (exact) mass is 540 g/mol. The molecule has 15 nitrogen and oxygen atoms in total. The summed E-state index contributed by atoms with van der Waals surface area (Å²) in [6.45, 7) is 1.77. The van der Waals surface area contributed by atoms with E-state index < -0.39 is 98.4 Å². The Balaban J connectivity index is 1.69. The summed E-state index contributed by atoms with van der Waals surface area (Å²) in [7, 11) is 0. The summed E-state index contributed by atoms with van der Waals surface area (Å²) in [4.78, 5) is 0. The van der Waals surface area contributed by atoms with Gasteiger partial charge in [-0.25, -0.2) is 0 Å². The van der Waals surface area contributed by atoms with Crippen LogP contribution in [0.5, 0.6) is 0 Å². The molecule has 0 spiro atoms. The molecular weight excluding hydrogens is 496 g/mol. The lowest BCUT2D eigenvalue weighted by atomic mass is 9.84. The lowest BCUT2D eigenvalue weighted by Gasteiger charge is -2.48. The Morgan fingerprint density at radius 1 is 0.757 bits per heavy atom. The lowest BCUT2D eigenvalue weighted by molar-refractivity contribution is -0.333. The van der Waals surface area contributed by atoms with Gasteiger partial charge in [-0.15, -0.1) is 0 Å². The van der Waals surface area contributed by atoms with Gasteiger partial charge in [-0.1, -0.05) is 13.3 Å². The van der Waals surface area contributed by atoms with E-state index in [1.807, 2.05) is 6.92 Å². The Labute approximate surface area is 215 Å². The number of aliphatic hydroxyl groups is 6. The van der Waals surface area contributed by atoms with Crippen LogP contribution in [0.4, 0.5) is 0 Å². The zero-order chi connectivity index (χ0) is 27.4. The topological polar surface area (TPSA) is 272 Å². The van der Waals surface area contributed by atoms with Crippen LogP contribution in [0.1, 0.15) is 26.2 Å². The van der Waals surface area contributed by atoms with Crippen LogP contribution < -0.4 is 22.9 Å². The van der Waals surface area contributed by atoms with Crippen molar-refractivity contribution in [3.63, 3.8) is 0 Å². The van der Waals surface area contributed by atoms with Gasteiger partial charge in [0.05, 0.1) is 12.6 Å². The van der Waals surface area contributed by atoms with Crippen molar-refractivity contribution in [2.45, 2.75) is 118 Å². The Kier molecular flexibility index (Phi) is 11.4. The second-order valence-electron chi connectivity index (χ2n) is 9.99.